The van der Waals surface area contributed by atoms with Gasteiger partial charge in [0.05, 0.1) is 16.9 Å². The van der Waals surface area contributed by atoms with Gasteiger partial charge in [-0.15, -0.1) is 0 Å². The number of nitrogens with one attached hydrogen (secondary N) is 1. The molecule has 8 heteroatoms. The largest absolute Gasteiger partial charge is 0.455 e. The molecule has 2 heterocycles. The first-order valence-electron chi connectivity index (χ1n) is 8.86. The summed E-state index contributed by atoms with van der Waals surface area (Å²) in [5.41, 5.74) is 0.0432. The quantitative estimate of drug-likeness (QED) is 0.757. The molecule has 0 spiro atoms. The standard InChI is InChI=1S/C20H22F3N3O2/c1-19(2,3)28-18(27)15-6-5-12(11-25-15)13-9-17-16(24-7-8-26(17)4)10-14(13)20(21,22)23/h5-6,9-11,24H,7-8H2,1-4H3. The summed E-state index contributed by atoms with van der Waals surface area (Å²) in [5.74, 6) is -0.621. The maximum Gasteiger partial charge on any atom is 0.417 e. The van der Waals surface area contributed by atoms with Crippen LogP contribution in [0, 0.1) is 0 Å². The molecule has 1 aliphatic heterocycles. The van der Waals surface area contributed by atoms with Gasteiger partial charge in [-0.25, -0.2) is 9.78 Å². The van der Waals surface area contributed by atoms with E-state index in [-0.39, 0.29) is 16.8 Å². The Balaban J connectivity index is 2.03. The molecule has 0 bridgehead atoms. The number of esters is 1. The summed E-state index contributed by atoms with van der Waals surface area (Å²) in [4.78, 5) is 18.0. The number of pyridine rings is 1. The Morgan fingerprint density at radius 1 is 1.21 bits per heavy atom. The fourth-order valence-corrected chi connectivity index (χ4v) is 3.00. The van der Waals surface area contributed by atoms with Crippen LogP contribution in [0.3, 0.4) is 0 Å². The summed E-state index contributed by atoms with van der Waals surface area (Å²) in [6.07, 6.45) is -3.25. The number of carbonyl (C=O) groups excluding carboxylic acids is 1. The number of hydrogen-bond donors (Lipinski definition) is 1. The first-order chi connectivity index (χ1) is 13.0. The zero-order valence-corrected chi connectivity index (χ0v) is 16.1. The summed E-state index contributed by atoms with van der Waals surface area (Å²) >= 11 is 0. The van der Waals surface area contributed by atoms with E-state index in [0.29, 0.717) is 24.5 Å². The normalized spacial score (nSPS) is 14.3. The SMILES string of the molecule is CN1CCNc2cc(C(F)(F)F)c(-c3ccc(C(=O)OC(C)(C)C)nc3)cc21. The number of alkyl halides is 3. The number of benzene rings is 1. The number of hydrogen-bond acceptors (Lipinski definition) is 5. The molecule has 28 heavy (non-hydrogen) atoms. The number of halogens is 3. The molecule has 0 saturated heterocycles. The molecule has 2 aromatic rings. The van der Waals surface area contributed by atoms with E-state index in [0.717, 1.165) is 6.07 Å². The Kier molecular flexibility index (Phi) is 4.99. The summed E-state index contributed by atoms with van der Waals surface area (Å²) in [5, 5.41) is 3.01. The molecule has 0 unspecified atom stereocenters. The van der Waals surface area contributed by atoms with Crippen molar-refractivity contribution in [1.29, 1.82) is 0 Å². The van der Waals surface area contributed by atoms with Gasteiger partial charge in [-0.1, -0.05) is 6.07 Å². The molecule has 0 saturated carbocycles. The molecule has 5 nitrogen and oxygen atoms in total. The molecule has 3 rings (SSSR count). The third-order valence-electron chi connectivity index (χ3n) is 4.30. The number of rotatable bonds is 2. The van der Waals surface area contributed by atoms with Gasteiger partial charge in [0.15, 0.2) is 0 Å². The van der Waals surface area contributed by atoms with Crippen LogP contribution in [0.25, 0.3) is 11.1 Å². The fraction of sp³-hybridized carbons (Fsp3) is 0.400. The highest BCUT2D eigenvalue weighted by atomic mass is 19.4. The third-order valence-corrected chi connectivity index (χ3v) is 4.30. The third kappa shape index (κ3) is 4.21. The summed E-state index contributed by atoms with van der Waals surface area (Å²) in [7, 11) is 1.83. The molecule has 150 valence electrons. The van der Waals surface area contributed by atoms with E-state index in [4.69, 9.17) is 4.74 Å². The average molecular weight is 393 g/mol. The lowest BCUT2D eigenvalue weighted by atomic mass is 9.97. The van der Waals surface area contributed by atoms with Gasteiger partial charge in [0, 0.05) is 31.9 Å². The lowest BCUT2D eigenvalue weighted by Crippen LogP contribution is -2.30. The van der Waals surface area contributed by atoms with Gasteiger partial charge in [0.1, 0.15) is 11.3 Å². The van der Waals surface area contributed by atoms with E-state index >= 15 is 0 Å². The first kappa shape index (κ1) is 20.0. The Morgan fingerprint density at radius 3 is 2.50 bits per heavy atom. The molecule has 0 radical (unpaired) electrons. The van der Waals surface area contributed by atoms with E-state index in [1.165, 1.54) is 24.4 Å². The van der Waals surface area contributed by atoms with Crippen LogP contribution in [-0.2, 0) is 10.9 Å². The molecule has 0 atom stereocenters. The highest BCUT2D eigenvalue weighted by Crippen LogP contribution is 2.43. The van der Waals surface area contributed by atoms with Crippen LogP contribution < -0.4 is 10.2 Å². The van der Waals surface area contributed by atoms with Crippen LogP contribution in [0.5, 0.6) is 0 Å². The predicted molar refractivity (Wildman–Crippen MR) is 102 cm³/mol. The van der Waals surface area contributed by atoms with Crippen LogP contribution in [-0.4, -0.2) is 36.7 Å². The number of aromatic nitrogens is 1. The maximum atomic E-state index is 13.7. The van der Waals surface area contributed by atoms with Crippen molar-refractivity contribution in [3.05, 3.63) is 41.7 Å². The molecule has 1 aromatic carbocycles. The van der Waals surface area contributed by atoms with Gasteiger partial charge in [-0.05, 0) is 44.5 Å². The Hall–Kier alpha value is -2.77. The van der Waals surface area contributed by atoms with Crippen LogP contribution in [0.4, 0.5) is 24.5 Å². The zero-order valence-electron chi connectivity index (χ0n) is 16.1. The topological polar surface area (TPSA) is 54.5 Å². The molecular weight excluding hydrogens is 371 g/mol. The van der Waals surface area contributed by atoms with E-state index in [1.54, 1.807) is 20.8 Å². The van der Waals surface area contributed by atoms with Crippen molar-refractivity contribution >= 4 is 17.3 Å². The minimum absolute atomic E-state index is 0.0186. The number of ether oxygens (including phenoxy) is 1. The summed E-state index contributed by atoms with van der Waals surface area (Å²) < 4.78 is 46.2. The molecular formula is C20H22F3N3O2. The number of fused-ring (bicyclic) bond motifs is 1. The van der Waals surface area contributed by atoms with Gasteiger partial charge >= 0.3 is 12.1 Å². The second kappa shape index (κ2) is 7.00. The minimum atomic E-state index is -4.52. The van der Waals surface area contributed by atoms with Crippen molar-refractivity contribution in [2.45, 2.75) is 32.5 Å². The molecule has 0 fully saturated rings. The second-order valence-corrected chi connectivity index (χ2v) is 7.70. The van der Waals surface area contributed by atoms with Crippen molar-refractivity contribution in [3.8, 4) is 11.1 Å². The number of carbonyl (C=O) groups is 1. The number of anilines is 2. The van der Waals surface area contributed by atoms with Gasteiger partial charge in [0.2, 0.25) is 0 Å². The number of nitrogens with zero attached hydrogens (tertiary/aromatic N) is 2. The smallest absolute Gasteiger partial charge is 0.417 e. The van der Waals surface area contributed by atoms with Crippen molar-refractivity contribution < 1.29 is 22.7 Å². The molecule has 0 amide bonds. The van der Waals surface area contributed by atoms with Gasteiger partial charge in [-0.2, -0.15) is 13.2 Å². The van der Waals surface area contributed by atoms with Crippen molar-refractivity contribution in [2.75, 3.05) is 30.4 Å². The van der Waals surface area contributed by atoms with E-state index in [1.807, 2.05) is 11.9 Å². The van der Waals surface area contributed by atoms with Gasteiger partial charge in [-0.3, -0.25) is 0 Å². The first-order valence-corrected chi connectivity index (χ1v) is 8.86. The lowest BCUT2D eigenvalue weighted by molar-refractivity contribution is -0.137. The van der Waals surface area contributed by atoms with Crippen molar-refractivity contribution in [1.82, 2.24) is 4.98 Å². The molecule has 0 aliphatic carbocycles. The maximum absolute atomic E-state index is 13.7. The monoisotopic (exact) mass is 393 g/mol. The Bertz CT molecular complexity index is 887. The summed E-state index contributed by atoms with van der Waals surface area (Å²) in [6, 6.07) is 5.47. The average Bonchev–Trinajstić information content (AvgIpc) is 2.59. The van der Waals surface area contributed by atoms with E-state index in [9.17, 15) is 18.0 Å². The minimum Gasteiger partial charge on any atom is -0.455 e. The van der Waals surface area contributed by atoms with Crippen molar-refractivity contribution in [3.63, 3.8) is 0 Å². The lowest BCUT2D eigenvalue weighted by Gasteiger charge is -2.30. The van der Waals surface area contributed by atoms with Gasteiger partial charge in [0.25, 0.3) is 0 Å². The Labute approximate surface area is 161 Å². The van der Waals surface area contributed by atoms with Crippen LogP contribution in [0.15, 0.2) is 30.5 Å². The molecule has 1 aromatic heterocycles. The summed E-state index contributed by atoms with van der Waals surface area (Å²) in [6.45, 7) is 6.45. The van der Waals surface area contributed by atoms with E-state index < -0.39 is 23.3 Å². The zero-order chi connectivity index (χ0) is 20.7. The van der Waals surface area contributed by atoms with Crippen LogP contribution in [0.2, 0.25) is 0 Å². The predicted octanol–water partition coefficient (Wildman–Crippen LogP) is 4.58. The van der Waals surface area contributed by atoms with Crippen LogP contribution >= 0.6 is 0 Å². The highest BCUT2D eigenvalue weighted by Gasteiger charge is 2.35. The molecule has 1 aliphatic rings. The van der Waals surface area contributed by atoms with Crippen LogP contribution in [0.1, 0.15) is 36.8 Å². The Morgan fingerprint density at radius 2 is 1.93 bits per heavy atom. The van der Waals surface area contributed by atoms with Gasteiger partial charge < -0.3 is 15.0 Å². The second-order valence-electron chi connectivity index (χ2n) is 7.70. The van der Waals surface area contributed by atoms with E-state index in [2.05, 4.69) is 10.3 Å². The van der Waals surface area contributed by atoms with Crippen molar-refractivity contribution in [2.24, 2.45) is 0 Å². The number of likely N-dealkylation sites (N-methyl/N-ethyl adjacent to an activating group) is 1. The highest BCUT2D eigenvalue weighted by molar-refractivity contribution is 5.88. The molecule has 1 N–H and O–H groups in total. The fourth-order valence-electron chi connectivity index (χ4n) is 3.00.